The Morgan fingerprint density at radius 3 is 2.35 bits per heavy atom. The lowest BCUT2D eigenvalue weighted by atomic mass is 9.99. The molecule has 2 rings (SSSR count). The molecule has 0 spiro atoms. The first-order valence-corrected chi connectivity index (χ1v) is 6.72. The second kappa shape index (κ2) is 6.97. The minimum Gasteiger partial charge on any atom is -0.478 e. The molecule has 23 heavy (non-hydrogen) atoms. The van der Waals surface area contributed by atoms with Gasteiger partial charge in [0.25, 0.3) is 5.76 Å². The van der Waals surface area contributed by atoms with Crippen LogP contribution < -0.4 is 0 Å². The predicted octanol–water partition coefficient (Wildman–Crippen LogP) is -4.15. The smallest absolute Gasteiger partial charge is 0.325 e. The fourth-order valence-corrected chi connectivity index (χ4v) is 2.20. The van der Waals surface area contributed by atoms with Crippen LogP contribution in [0, 0.1) is 0 Å². The van der Waals surface area contributed by atoms with Gasteiger partial charge in [-0.2, -0.15) is 0 Å². The third kappa shape index (κ3) is 3.26. The molecular formula is C12H18O11. The number of ketones is 1. The van der Waals surface area contributed by atoms with Crippen LogP contribution >= 0.6 is 0 Å². The van der Waals surface area contributed by atoms with Gasteiger partial charge in [0, 0.05) is 0 Å². The van der Waals surface area contributed by atoms with E-state index in [0.29, 0.717) is 0 Å². The lowest BCUT2D eigenvalue weighted by Gasteiger charge is -2.39. The van der Waals surface area contributed by atoms with E-state index in [1.807, 2.05) is 0 Å². The highest BCUT2D eigenvalue weighted by Gasteiger charge is 2.48. The van der Waals surface area contributed by atoms with Crippen molar-refractivity contribution in [2.24, 2.45) is 0 Å². The van der Waals surface area contributed by atoms with E-state index in [2.05, 4.69) is 4.74 Å². The number of hydrogen-bond donors (Lipinski definition) is 7. The van der Waals surface area contributed by atoms with Gasteiger partial charge in [0.15, 0.2) is 6.10 Å². The molecule has 11 heteroatoms. The van der Waals surface area contributed by atoms with E-state index in [1.54, 1.807) is 0 Å². The highest BCUT2D eigenvalue weighted by atomic mass is 16.7. The molecule has 0 unspecified atom stereocenters. The summed E-state index contributed by atoms with van der Waals surface area (Å²) in [5, 5.41) is 65.8. The number of ether oxygens (including phenoxy) is 3. The summed E-state index contributed by atoms with van der Waals surface area (Å²) in [6.45, 7) is -1.51. The third-order valence-corrected chi connectivity index (χ3v) is 3.53. The highest BCUT2D eigenvalue weighted by molar-refractivity contribution is 5.99. The lowest BCUT2D eigenvalue weighted by molar-refractivity contribution is -0.291. The Morgan fingerprint density at radius 2 is 1.78 bits per heavy atom. The molecule has 0 aromatic heterocycles. The lowest BCUT2D eigenvalue weighted by Crippen LogP contribution is -2.59. The molecule has 7 N–H and O–H groups in total. The van der Waals surface area contributed by atoms with Crippen LogP contribution in [0.3, 0.4) is 0 Å². The molecule has 11 nitrogen and oxygen atoms in total. The summed E-state index contributed by atoms with van der Waals surface area (Å²) in [5.74, 6) is -2.79. The van der Waals surface area contributed by atoms with Crippen molar-refractivity contribution in [3.63, 3.8) is 0 Å². The molecule has 0 radical (unpaired) electrons. The van der Waals surface area contributed by atoms with Gasteiger partial charge in [-0.25, -0.2) is 0 Å². The first-order valence-electron chi connectivity index (χ1n) is 6.72. The van der Waals surface area contributed by atoms with E-state index in [0.717, 1.165) is 0 Å². The normalized spacial score (nSPS) is 39.3. The Labute approximate surface area is 129 Å². The first kappa shape index (κ1) is 17.9. The Hall–Kier alpha value is -1.47. The number of rotatable bonds is 5. The molecular weight excluding hydrogens is 320 g/mol. The molecule has 0 aromatic carbocycles. The van der Waals surface area contributed by atoms with Crippen LogP contribution in [0.25, 0.3) is 0 Å². The van der Waals surface area contributed by atoms with Gasteiger partial charge in [0.05, 0.1) is 13.2 Å². The molecule has 1 fully saturated rings. The zero-order valence-electron chi connectivity index (χ0n) is 11.7. The zero-order valence-corrected chi connectivity index (χ0v) is 11.7. The fraction of sp³-hybridized carbons (Fsp3) is 0.750. The minimum absolute atomic E-state index is 0.702. The van der Waals surface area contributed by atoms with Crippen molar-refractivity contribution in [2.45, 2.75) is 42.9 Å². The summed E-state index contributed by atoms with van der Waals surface area (Å²) in [6, 6.07) is 0. The van der Waals surface area contributed by atoms with Crippen LogP contribution in [0.5, 0.6) is 0 Å². The van der Waals surface area contributed by atoms with E-state index in [4.69, 9.17) is 19.7 Å². The molecule has 2 aliphatic heterocycles. The molecule has 2 aliphatic rings. The van der Waals surface area contributed by atoms with Crippen molar-refractivity contribution >= 4 is 5.78 Å². The molecule has 0 aromatic rings. The Morgan fingerprint density at radius 1 is 1.13 bits per heavy atom. The summed E-state index contributed by atoms with van der Waals surface area (Å²) in [7, 11) is 0. The van der Waals surface area contributed by atoms with E-state index in [9.17, 15) is 30.3 Å². The average Bonchev–Trinajstić information content (AvgIpc) is 2.82. The molecule has 0 aliphatic carbocycles. The van der Waals surface area contributed by atoms with Gasteiger partial charge in [0.2, 0.25) is 12.1 Å². The number of aliphatic hydroxyl groups is 7. The van der Waals surface area contributed by atoms with Crippen molar-refractivity contribution in [1.82, 2.24) is 0 Å². The van der Waals surface area contributed by atoms with Crippen LogP contribution in [0.1, 0.15) is 0 Å². The number of carbonyl (C=O) groups excluding carboxylic acids is 1. The fourth-order valence-electron chi connectivity index (χ4n) is 2.20. The summed E-state index contributed by atoms with van der Waals surface area (Å²) in [4.78, 5) is 12.0. The molecule has 7 atom stereocenters. The monoisotopic (exact) mass is 338 g/mol. The molecule has 2 heterocycles. The van der Waals surface area contributed by atoms with Gasteiger partial charge < -0.3 is 50.0 Å². The average molecular weight is 338 g/mol. The number of carbonyl (C=O) groups is 1. The summed E-state index contributed by atoms with van der Waals surface area (Å²) in [6.07, 6.45) is -11.3. The van der Waals surface area contributed by atoms with Crippen LogP contribution in [-0.4, -0.2) is 97.7 Å². The predicted molar refractivity (Wildman–Crippen MR) is 67.5 cm³/mol. The van der Waals surface area contributed by atoms with Crippen molar-refractivity contribution < 1.29 is 54.8 Å². The summed E-state index contributed by atoms with van der Waals surface area (Å²) in [5.41, 5.74) is 0. The van der Waals surface area contributed by atoms with Crippen LogP contribution in [0.4, 0.5) is 0 Å². The first-order chi connectivity index (χ1) is 10.8. The van der Waals surface area contributed by atoms with Gasteiger partial charge in [-0.3, -0.25) is 4.79 Å². The van der Waals surface area contributed by atoms with Crippen molar-refractivity contribution in [1.29, 1.82) is 0 Å². The van der Waals surface area contributed by atoms with Gasteiger partial charge in [0.1, 0.15) is 30.5 Å². The molecule has 0 amide bonds. The van der Waals surface area contributed by atoms with Crippen molar-refractivity contribution in [3.05, 3.63) is 11.7 Å². The zero-order chi connectivity index (χ0) is 17.3. The van der Waals surface area contributed by atoms with Crippen LogP contribution in [0.15, 0.2) is 11.7 Å². The number of hydrogen-bond acceptors (Lipinski definition) is 11. The van der Waals surface area contributed by atoms with Crippen molar-refractivity contribution in [3.8, 4) is 0 Å². The molecule has 0 saturated carbocycles. The van der Waals surface area contributed by atoms with E-state index in [-0.39, 0.29) is 0 Å². The van der Waals surface area contributed by atoms with Gasteiger partial charge >= 0.3 is 5.95 Å². The van der Waals surface area contributed by atoms with E-state index < -0.39 is 73.6 Å². The summed E-state index contributed by atoms with van der Waals surface area (Å²) >= 11 is 0. The van der Waals surface area contributed by atoms with Crippen LogP contribution in [-0.2, 0) is 19.0 Å². The minimum atomic E-state index is -1.79. The molecule has 1 saturated heterocycles. The second-order valence-electron chi connectivity index (χ2n) is 5.10. The maximum Gasteiger partial charge on any atom is 0.325 e. The Kier molecular flexibility index (Phi) is 5.41. The summed E-state index contributed by atoms with van der Waals surface area (Å²) < 4.78 is 14.7. The van der Waals surface area contributed by atoms with Gasteiger partial charge in [-0.15, -0.1) is 0 Å². The van der Waals surface area contributed by atoms with Gasteiger partial charge in [-0.05, 0) is 0 Å². The largest absolute Gasteiger partial charge is 0.478 e. The maximum absolute atomic E-state index is 12.0. The maximum atomic E-state index is 12.0. The molecule has 132 valence electrons. The Balaban J connectivity index is 2.12. The Bertz CT molecular complexity index is 476. The van der Waals surface area contributed by atoms with E-state index in [1.165, 1.54) is 0 Å². The number of Topliss-reactive ketones (excluding diaryl/α,β-unsaturated/α-hetero) is 1. The van der Waals surface area contributed by atoms with Gasteiger partial charge in [-0.1, -0.05) is 0 Å². The quantitative estimate of drug-likeness (QED) is 0.258. The van der Waals surface area contributed by atoms with E-state index >= 15 is 0 Å². The number of aliphatic hydroxyl groups excluding tert-OH is 7. The topological polar surface area (TPSA) is 186 Å². The SMILES string of the molecule is O=C1C(O[C@H]2O[C@H](CO)[C@@H](O)[C@H](O)[C@H]2O)=C(O)O[C@@H]1[C@@H](O)CO. The third-order valence-electron chi connectivity index (χ3n) is 3.53. The highest BCUT2D eigenvalue weighted by Crippen LogP contribution is 2.29. The van der Waals surface area contributed by atoms with Crippen molar-refractivity contribution in [2.75, 3.05) is 13.2 Å². The second-order valence-corrected chi connectivity index (χ2v) is 5.10. The molecule has 0 bridgehead atoms. The van der Waals surface area contributed by atoms with Crippen LogP contribution in [0.2, 0.25) is 0 Å². The standard InChI is InChI=1S/C12H18O11/c13-1-3(15)9-8(19)10(11(20)22-9)23-12-7(18)6(17)5(16)4(2-14)21-12/h3-7,9,12-18,20H,1-2H2/t3-,4+,5+,6-,7+,9+,12+/m0/s1.